The molecule has 1 aromatic carbocycles. The lowest BCUT2D eigenvalue weighted by molar-refractivity contribution is 0.102. The van der Waals surface area contributed by atoms with Crippen molar-refractivity contribution in [3.63, 3.8) is 0 Å². The van der Waals surface area contributed by atoms with Crippen LogP contribution in [0.15, 0.2) is 35.7 Å². The van der Waals surface area contributed by atoms with Crippen molar-refractivity contribution >= 4 is 33.7 Å². The van der Waals surface area contributed by atoms with Gasteiger partial charge in [0.2, 0.25) is 0 Å². The molecule has 22 heavy (non-hydrogen) atoms. The van der Waals surface area contributed by atoms with Crippen LogP contribution in [0.1, 0.15) is 15.2 Å². The molecule has 0 atom stereocenters. The first kappa shape index (κ1) is 14.8. The van der Waals surface area contributed by atoms with Crippen LogP contribution >= 0.6 is 22.7 Å². The summed E-state index contributed by atoms with van der Waals surface area (Å²) < 4.78 is 26.4. The van der Waals surface area contributed by atoms with E-state index < -0.39 is 17.5 Å². The number of carbonyl (C=O) groups excluding carboxylic acids is 1. The molecule has 0 spiro atoms. The van der Waals surface area contributed by atoms with E-state index in [1.807, 2.05) is 24.4 Å². The van der Waals surface area contributed by atoms with E-state index in [9.17, 15) is 13.6 Å². The van der Waals surface area contributed by atoms with Crippen LogP contribution in [0.5, 0.6) is 0 Å². The summed E-state index contributed by atoms with van der Waals surface area (Å²) in [4.78, 5) is 18.5. The molecule has 2 aromatic heterocycles. The van der Waals surface area contributed by atoms with Gasteiger partial charge in [0.1, 0.15) is 11.6 Å². The van der Waals surface area contributed by atoms with Gasteiger partial charge >= 0.3 is 0 Å². The number of halogens is 2. The Morgan fingerprint density at radius 2 is 2.05 bits per heavy atom. The molecule has 3 nitrogen and oxygen atoms in total. The van der Waals surface area contributed by atoms with Crippen LogP contribution in [0.3, 0.4) is 0 Å². The van der Waals surface area contributed by atoms with Gasteiger partial charge in [0, 0.05) is 16.3 Å². The Balaban J connectivity index is 1.79. The zero-order chi connectivity index (χ0) is 15.7. The normalized spacial score (nSPS) is 10.7. The lowest BCUT2D eigenvalue weighted by atomic mass is 10.2. The molecular weight excluding hydrogens is 326 g/mol. The topological polar surface area (TPSA) is 42.0 Å². The van der Waals surface area contributed by atoms with E-state index in [4.69, 9.17) is 0 Å². The first-order chi connectivity index (χ1) is 10.5. The monoisotopic (exact) mass is 336 g/mol. The predicted octanol–water partition coefficient (Wildman–Crippen LogP) is 4.71. The van der Waals surface area contributed by atoms with Gasteiger partial charge in [-0.3, -0.25) is 10.1 Å². The summed E-state index contributed by atoms with van der Waals surface area (Å²) in [5.41, 5.74) is 0.545. The third-order valence-corrected chi connectivity index (χ3v) is 4.67. The smallest absolute Gasteiger partial charge is 0.260 e. The SMILES string of the molecule is Cc1ccc(-c2csc(NC(=O)c3ccc(F)cc3F)n2)s1. The molecular formula is C15H10F2N2OS2. The standard InChI is InChI=1S/C15H10F2N2OS2/c1-8-2-5-13(22-8)12-7-21-15(18-12)19-14(20)10-4-3-9(16)6-11(10)17/h2-7H,1H3,(H,18,19,20). The predicted molar refractivity (Wildman–Crippen MR) is 84.5 cm³/mol. The number of thiophene rings is 1. The van der Waals surface area contributed by atoms with Crippen molar-refractivity contribution in [2.75, 3.05) is 5.32 Å². The molecule has 0 aliphatic rings. The summed E-state index contributed by atoms with van der Waals surface area (Å²) in [6.07, 6.45) is 0. The van der Waals surface area contributed by atoms with Crippen molar-refractivity contribution in [3.8, 4) is 10.6 Å². The Morgan fingerprint density at radius 1 is 1.23 bits per heavy atom. The number of thiazole rings is 1. The van der Waals surface area contributed by atoms with E-state index in [0.717, 1.165) is 22.7 Å². The zero-order valence-corrected chi connectivity index (χ0v) is 13.0. The van der Waals surface area contributed by atoms with E-state index in [1.165, 1.54) is 16.2 Å². The summed E-state index contributed by atoms with van der Waals surface area (Å²) in [7, 11) is 0. The van der Waals surface area contributed by atoms with Gasteiger partial charge in [-0.1, -0.05) is 0 Å². The van der Waals surface area contributed by atoms with Crippen molar-refractivity contribution in [2.24, 2.45) is 0 Å². The average molecular weight is 336 g/mol. The fourth-order valence-corrected chi connectivity index (χ4v) is 3.46. The Labute approximate surface area is 133 Å². The number of rotatable bonds is 3. The van der Waals surface area contributed by atoms with E-state index >= 15 is 0 Å². The van der Waals surface area contributed by atoms with Gasteiger partial charge in [0.05, 0.1) is 16.1 Å². The molecule has 0 saturated heterocycles. The molecule has 0 aliphatic carbocycles. The largest absolute Gasteiger partial charge is 0.298 e. The number of hydrogen-bond acceptors (Lipinski definition) is 4. The molecule has 0 aliphatic heterocycles. The fourth-order valence-electron chi connectivity index (χ4n) is 1.85. The highest BCUT2D eigenvalue weighted by Crippen LogP contribution is 2.30. The van der Waals surface area contributed by atoms with E-state index in [1.54, 1.807) is 11.3 Å². The number of nitrogens with zero attached hydrogens (tertiary/aromatic N) is 1. The summed E-state index contributed by atoms with van der Waals surface area (Å²) in [6, 6.07) is 6.78. The Kier molecular flexibility index (Phi) is 4.00. The van der Waals surface area contributed by atoms with Crippen LogP contribution < -0.4 is 5.32 Å². The molecule has 1 amide bonds. The average Bonchev–Trinajstić information content (AvgIpc) is 3.07. The third-order valence-electron chi connectivity index (χ3n) is 2.89. The summed E-state index contributed by atoms with van der Waals surface area (Å²) in [6.45, 7) is 2.00. The molecule has 0 saturated carbocycles. The highest BCUT2D eigenvalue weighted by molar-refractivity contribution is 7.17. The number of hydrogen-bond donors (Lipinski definition) is 1. The second-order valence-corrected chi connectivity index (χ2v) is 6.67. The van der Waals surface area contributed by atoms with Gasteiger partial charge in [-0.25, -0.2) is 13.8 Å². The number of benzene rings is 1. The van der Waals surface area contributed by atoms with Crippen LogP contribution in [0.2, 0.25) is 0 Å². The van der Waals surface area contributed by atoms with Gasteiger partial charge in [-0.2, -0.15) is 0 Å². The third kappa shape index (κ3) is 3.05. The molecule has 1 N–H and O–H groups in total. The number of nitrogens with one attached hydrogen (secondary N) is 1. The molecule has 112 valence electrons. The maximum atomic E-state index is 13.6. The van der Waals surface area contributed by atoms with Gasteiger partial charge in [0.25, 0.3) is 5.91 Å². The molecule has 3 rings (SSSR count). The van der Waals surface area contributed by atoms with Crippen molar-refractivity contribution in [3.05, 3.63) is 57.8 Å². The summed E-state index contributed by atoms with van der Waals surface area (Å²) >= 11 is 2.86. The second kappa shape index (κ2) is 5.94. The van der Waals surface area contributed by atoms with Gasteiger partial charge in [-0.05, 0) is 31.2 Å². The van der Waals surface area contributed by atoms with E-state index in [-0.39, 0.29) is 5.56 Å². The fraction of sp³-hybridized carbons (Fsp3) is 0.0667. The van der Waals surface area contributed by atoms with Crippen LogP contribution in [-0.4, -0.2) is 10.9 Å². The molecule has 0 unspecified atom stereocenters. The Morgan fingerprint density at radius 3 is 2.73 bits per heavy atom. The van der Waals surface area contributed by atoms with E-state index in [0.29, 0.717) is 11.2 Å². The highest BCUT2D eigenvalue weighted by Gasteiger charge is 2.15. The molecule has 7 heteroatoms. The summed E-state index contributed by atoms with van der Waals surface area (Å²) in [5.74, 6) is -2.28. The van der Waals surface area contributed by atoms with Crippen molar-refractivity contribution < 1.29 is 13.6 Å². The lowest BCUT2D eigenvalue weighted by Gasteiger charge is -2.03. The number of anilines is 1. The van der Waals surface area contributed by atoms with Gasteiger partial charge < -0.3 is 0 Å². The van der Waals surface area contributed by atoms with E-state index in [2.05, 4.69) is 10.3 Å². The first-order valence-corrected chi connectivity index (χ1v) is 8.01. The van der Waals surface area contributed by atoms with Crippen molar-refractivity contribution in [1.29, 1.82) is 0 Å². The van der Waals surface area contributed by atoms with Crippen LogP contribution in [0, 0.1) is 18.6 Å². The second-order valence-electron chi connectivity index (χ2n) is 4.53. The molecule has 0 radical (unpaired) electrons. The van der Waals surface area contributed by atoms with Crippen LogP contribution in [-0.2, 0) is 0 Å². The maximum Gasteiger partial charge on any atom is 0.260 e. The minimum Gasteiger partial charge on any atom is -0.298 e. The molecule has 0 bridgehead atoms. The minimum absolute atomic E-state index is 0.217. The van der Waals surface area contributed by atoms with Gasteiger partial charge in [0.15, 0.2) is 5.13 Å². The number of amides is 1. The number of carbonyl (C=O) groups is 1. The Hall–Kier alpha value is -2.12. The van der Waals surface area contributed by atoms with Gasteiger partial charge in [-0.15, -0.1) is 22.7 Å². The number of aryl methyl sites for hydroxylation is 1. The first-order valence-electron chi connectivity index (χ1n) is 6.31. The van der Waals surface area contributed by atoms with Crippen LogP contribution in [0.4, 0.5) is 13.9 Å². The minimum atomic E-state index is -0.900. The van der Waals surface area contributed by atoms with Crippen molar-refractivity contribution in [1.82, 2.24) is 4.98 Å². The van der Waals surface area contributed by atoms with Crippen molar-refractivity contribution in [2.45, 2.75) is 6.92 Å². The quantitative estimate of drug-likeness (QED) is 0.752. The Bertz CT molecular complexity index is 842. The molecule has 0 fully saturated rings. The lowest BCUT2D eigenvalue weighted by Crippen LogP contribution is -2.13. The zero-order valence-electron chi connectivity index (χ0n) is 11.4. The summed E-state index contributed by atoms with van der Waals surface area (Å²) in [5, 5.41) is 4.72. The molecule has 2 heterocycles. The maximum absolute atomic E-state index is 13.6. The highest BCUT2D eigenvalue weighted by atomic mass is 32.1. The number of aromatic nitrogens is 1. The molecule has 3 aromatic rings. The van der Waals surface area contributed by atoms with Crippen LogP contribution in [0.25, 0.3) is 10.6 Å².